The first-order valence-electron chi connectivity index (χ1n) is 7.03. The maximum Gasteiger partial charge on any atom is 0.156 e. The third kappa shape index (κ3) is 2.81. The molecule has 0 saturated heterocycles. The van der Waals surface area contributed by atoms with Gasteiger partial charge in [-0.05, 0) is 5.56 Å². The summed E-state index contributed by atoms with van der Waals surface area (Å²) in [6, 6.07) is 19.5. The summed E-state index contributed by atoms with van der Waals surface area (Å²) in [4.78, 5) is 0. The van der Waals surface area contributed by atoms with Crippen molar-refractivity contribution >= 4 is 17.8 Å². The fraction of sp³-hybridized carbons (Fsp3) is 0.211. The third-order valence-corrected chi connectivity index (χ3v) is 7.55. The van der Waals surface area contributed by atoms with Crippen molar-refractivity contribution in [3.8, 4) is 0 Å². The van der Waals surface area contributed by atoms with E-state index in [0.29, 0.717) is 5.31 Å². The van der Waals surface area contributed by atoms with E-state index in [1.165, 1.54) is 0 Å². The van der Waals surface area contributed by atoms with Gasteiger partial charge in [0.2, 0.25) is 0 Å². The summed E-state index contributed by atoms with van der Waals surface area (Å²) < 4.78 is 14.0. The monoisotopic (exact) mass is 296 g/mol. The summed E-state index contributed by atoms with van der Waals surface area (Å²) in [5, 5.41) is 1.17. The summed E-state index contributed by atoms with van der Waals surface area (Å²) in [6.45, 7) is 9.85. The zero-order valence-corrected chi connectivity index (χ0v) is 13.7. The molecule has 0 spiro atoms. The molecule has 0 radical (unpaired) electrons. The molecule has 2 rings (SSSR count). The lowest BCUT2D eigenvalue weighted by molar-refractivity contribution is 0.564. The van der Waals surface area contributed by atoms with E-state index in [-0.39, 0.29) is 0 Å². The van der Waals surface area contributed by atoms with Gasteiger partial charge in [0.05, 0.1) is 5.31 Å². The highest BCUT2D eigenvalue weighted by Crippen LogP contribution is 2.65. The Morgan fingerprint density at radius 3 is 1.86 bits per heavy atom. The molecular weight excluding hydrogens is 275 g/mol. The van der Waals surface area contributed by atoms with Crippen molar-refractivity contribution in [2.45, 2.75) is 25.9 Å². The van der Waals surface area contributed by atoms with Gasteiger partial charge in [-0.15, -0.1) is 5.73 Å². The van der Waals surface area contributed by atoms with Crippen LogP contribution in [0.1, 0.15) is 26.3 Å². The minimum absolute atomic E-state index is 0.399. The molecule has 0 unspecified atom stereocenters. The molecular formula is C19H21OP. The summed E-state index contributed by atoms with van der Waals surface area (Å²) in [7, 11) is -2.84. The maximum absolute atomic E-state index is 14.0. The van der Waals surface area contributed by atoms with Crippen LogP contribution in [0.3, 0.4) is 0 Å². The van der Waals surface area contributed by atoms with E-state index in [0.717, 1.165) is 10.9 Å². The second-order valence-corrected chi connectivity index (χ2v) is 9.53. The lowest BCUT2D eigenvalue weighted by atomic mass is 10.2. The minimum Gasteiger partial charge on any atom is -0.312 e. The van der Waals surface area contributed by atoms with Gasteiger partial charge in [-0.25, -0.2) is 0 Å². The van der Waals surface area contributed by atoms with E-state index >= 15 is 0 Å². The molecule has 0 saturated carbocycles. The molecule has 0 aliphatic rings. The van der Waals surface area contributed by atoms with Crippen LogP contribution >= 0.6 is 7.14 Å². The van der Waals surface area contributed by atoms with Gasteiger partial charge in [0, 0.05) is 10.5 Å². The van der Waals surface area contributed by atoms with Crippen LogP contribution in [0.4, 0.5) is 0 Å². The zero-order valence-electron chi connectivity index (χ0n) is 12.8. The third-order valence-electron chi connectivity index (χ3n) is 3.59. The van der Waals surface area contributed by atoms with Crippen molar-refractivity contribution in [3.05, 3.63) is 78.5 Å². The van der Waals surface area contributed by atoms with Crippen LogP contribution in [0, 0.1) is 0 Å². The Morgan fingerprint density at radius 1 is 0.952 bits per heavy atom. The second kappa shape index (κ2) is 5.90. The SMILES string of the molecule is C=C=C(c1ccccc1)[P@@](=O)(c1ccccc1)C(C)(C)C. The van der Waals surface area contributed by atoms with Gasteiger partial charge >= 0.3 is 0 Å². The Bertz CT molecular complexity index is 702. The van der Waals surface area contributed by atoms with Crippen molar-refractivity contribution in [1.82, 2.24) is 0 Å². The Balaban J connectivity index is 2.73. The number of hydrogen-bond donors (Lipinski definition) is 0. The van der Waals surface area contributed by atoms with E-state index in [9.17, 15) is 4.57 Å². The minimum atomic E-state index is -2.84. The van der Waals surface area contributed by atoms with Gasteiger partial charge in [-0.3, -0.25) is 0 Å². The van der Waals surface area contributed by atoms with Crippen molar-refractivity contribution in [2.75, 3.05) is 0 Å². The molecule has 0 aromatic heterocycles. The van der Waals surface area contributed by atoms with Crippen LogP contribution in [-0.4, -0.2) is 5.16 Å². The van der Waals surface area contributed by atoms with Crippen molar-refractivity contribution in [2.24, 2.45) is 0 Å². The van der Waals surface area contributed by atoms with Crippen molar-refractivity contribution in [3.63, 3.8) is 0 Å². The van der Waals surface area contributed by atoms with Gasteiger partial charge in [0.15, 0.2) is 7.14 Å². The van der Waals surface area contributed by atoms with Gasteiger partial charge < -0.3 is 4.57 Å². The molecule has 2 heteroatoms. The number of hydrogen-bond acceptors (Lipinski definition) is 1. The summed E-state index contributed by atoms with van der Waals surface area (Å²) in [5.41, 5.74) is 3.89. The first-order chi connectivity index (χ1) is 9.91. The molecule has 0 aliphatic carbocycles. The topological polar surface area (TPSA) is 17.1 Å². The molecule has 21 heavy (non-hydrogen) atoms. The molecule has 0 amide bonds. The predicted molar refractivity (Wildman–Crippen MR) is 92.4 cm³/mol. The van der Waals surface area contributed by atoms with Crippen LogP contribution in [0.5, 0.6) is 0 Å². The van der Waals surface area contributed by atoms with Crippen molar-refractivity contribution < 1.29 is 4.57 Å². The smallest absolute Gasteiger partial charge is 0.156 e. The highest BCUT2D eigenvalue weighted by atomic mass is 31.2. The molecule has 0 fully saturated rings. The van der Waals surface area contributed by atoms with Gasteiger partial charge in [0.1, 0.15) is 0 Å². The van der Waals surface area contributed by atoms with E-state index in [1.807, 2.05) is 81.4 Å². The van der Waals surface area contributed by atoms with Crippen LogP contribution in [0.15, 0.2) is 73.0 Å². The van der Waals surface area contributed by atoms with Crippen LogP contribution in [0.2, 0.25) is 0 Å². The Morgan fingerprint density at radius 2 is 1.43 bits per heavy atom. The van der Waals surface area contributed by atoms with Crippen LogP contribution < -0.4 is 5.30 Å². The van der Waals surface area contributed by atoms with E-state index in [2.05, 4.69) is 12.3 Å². The highest BCUT2D eigenvalue weighted by Gasteiger charge is 2.41. The summed E-state index contributed by atoms with van der Waals surface area (Å²) >= 11 is 0. The lowest BCUT2D eigenvalue weighted by Crippen LogP contribution is -2.23. The quantitative estimate of drug-likeness (QED) is 0.555. The van der Waals surface area contributed by atoms with Crippen molar-refractivity contribution in [1.29, 1.82) is 0 Å². The first-order valence-corrected chi connectivity index (χ1v) is 8.74. The normalized spacial score (nSPS) is 14.0. The summed E-state index contributed by atoms with van der Waals surface area (Å²) in [6.07, 6.45) is 0. The maximum atomic E-state index is 14.0. The van der Waals surface area contributed by atoms with E-state index in [4.69, 9.17) is 0 Å². The molecule has 2 aromatic carbocycles. The molecule has 1 nitrogen and oxygen atoms in total. The van der Waals surface area contributed by atoms with Gasteiger partial charge in [0.25, 0.3) is 0 Å². The molecule has 0 aliphatic heterocycles. The number of benzene rings is 2. The van der Waals surface area contributed by atoms with E-state index < -0.39 is 12.3 Å². The molecule has 0 N–H and O–H groups in total. The fourth-order valence-corrected chi connectivity index (χ4v) is 5.51. The molecule has 0 bridgehead atoms. The van der Waals surface area contributed by atoms with Crippen LogP contribution in [0.25, 0.3) is 5.31 Å². The Hall–Kier alpha value is -1.81. The zero-order chi connectivity index (χ0) is 15.5. The average Bonchev–Trinajstić information content (AvgIpc) is 2.48. The second-order valence-electron chi connectivity index (χ2n) is 6.01. The Labute approximate surface area is 127 Å². The molecule has 1 atom stereocenters. The highest BCUT2D eigenvalue weighted by molar-refractivity contribution is 7.82. The largest absolute Gasteiger partial charge is 0.312 e. The van der Waals surface area contributed by atoms with Gasteiger partial charge in [-0.2, -0.15) is 0 Å². The Kier molecular flexibility index (Phi) is 4.37. The molecule has 2 aromatic rings. The van der Waals surface area contributed by atoms with Crippen LogP contribution in [-0.2, 0) is 4.57 Å². The van der Waals surface area contributed by atoms with E-state index in [1.54, 1.807) is 0 Å². The lowest BCUT2D eigenvalue weighted by Gasteiger charge is -2.33. The number of rotatable bonds is 3. The molecule has 0 heterocycles. The first kappa shape index (κ1) is 15.6. The average molecular weight is 296 g/mol. The predicted octanol–water partition coefficient (Wildman–Crippen LogP) is 5.30. The van der Waals surface area contributed by atoms with Gasteiger partial charge in [-0.1, -0.05) is 88.0 Å². The standard InChI is InChI=1S/C19H21OP/c1-5-18(16-12-8-6-9-13-16)21(20,19(2,3)4)17-14-10-7-11-15-17/h6-15H,1H2,2-4H3/t21-/m0/s1. The fourth-order valence-electron chi connectivity index (χ4n) is 2.48. The molecule has 108 valence electrons. The summed E-state index contributed by atoms with van der Waals surface area (Å²) in [5.74, 6) is 0.